The summed E-state index contributed by atoms with van der Waals surface area (Å²) in [6.07, 6.45) is 0. The number of benzene rings is 2. The molecule has 1 N–H and O–H groups in total. The van der Waals surface area contributed by atoms with E-state index in [-0.39, 0.29) is 11.3 Å². The van der Waals surface area contributed by atoms with E-state index in [4.69, 9.17) is 14.6 Å². The van der Waals surface area contributed by atoms with E-state index in [1.165, 1.54) is 13.2 Å². The fourth-order valence-electron chi connectivity index (χ4n) is 1.60. The molecule has 0 amide bonds. The summed E-state index contributed by atoms with van der Waals surface area (Å²) in [4.78, 5) is 0. The van der Waals surface area contributed by atoms with Gasteiger partial charge < -0.3 is 14.6 Å². The summed E-state index contributed by atoms with van der Waals surface area (Å²) in [5.41, 5.74) is 0.140. The van der Waals surface area contributed by atoms with E-state index in [2.05, 4.69) is 15.9 Å². The number of aliphatic hydroxyl groups excluding tert-OH is 1. The minimum Gasteiger partial charge on any atom is -0.497 e. The van der Waals surface area contributed by atoms with Gasteiger partial charge >= 0.3 is 0 Å². The van der Waals surface area contributed by atoms with Crippen LogP contribution in [-0.4, -0.2) is 12.2 Å². The molecular formula is C14H11BrF2O3. The molecule has 0 radical (unpaired) electrons. The normalized spacial score (nSPS) is 10.4. The van der Waals surface area contributed by atoms with Crippen LogP contribution in [0.4, 0.5) is 8.78 Å². The molecule has 0 aliphatic heterocycles. The molecule has 2 rings (SSSR count). The molecule has 0 aromatic heterocycles. The quantitative estimate of drug-likeness (QED) is 0.910. The van der Waals surface area contributed by atoms with Crippen LogP contribution in [-0.2, 0) is 6.61 Å². The van der Waals surface area contributed by atoms with Gasteiger partial charge in [-0.15, -0.1) is 0 Å². The van der Waals surface area contributed by atoms with Gasteiger partial charge in [0.25, 0.3) is 0 Å². The number of ether oxygens (including phenoxy) is 2. The lowest BCUT2D eigenvalue weighted by atomic mass is 10.2. The molecule has 0 fully saturated rings. The van der Waals surface area contributed by atoms with Gasteiger partial charge in [0, 0.05) is 0 Å². The van der Waals surface area contributed by atoms with Gasteiger partial charge in [-0.1, -0.05) is 0 Å². The minimum absolute atomic E-state index is 0.140. The van der Waals surface area contributed by atoms with Crippen molar-refractivity contribution >= 4 is 15.9 Å². The van der Waals surface area contributed by atoms with Crippen LogP contribution in [0.3, 0.4) is 0 Å². The summed E-state index contributed by atoms with van der Waals surface area (Å²) in [5, 5.41) is 8.87. The van der Waals surface area contributed by atoms with Crippen molar-refractivity contribution in [3.8, 4) is 17.2 Å². The maximum atomic E-state index is 13.7. The second-order valence-corrected chi connectivity index (χ2v) is 4.80. The van der Waals surface area contributed by atoms with Crippen molar-refractivity contribution in [2.24, 2.45) is 0 Å². The average Bonchev–Trinajstić information content (AvgIpc) is 2.43. The van der Waals surface area contributed by atoms with Crippen molar-refractivity contribution in [1.82, 2.24) is 0 Å². The molecule has 2 aromatic rings. The third kappa shape index (κ3) is 3.08. The van der Waals surface area contributed by atoms with Crippen molar-refractivity contribution in [2.75, 3.05) is 7.11 Å². The van der Waals surface area contributed by atoms with Crippen molar-refractivity contribution in [3.05, 3.63) is 52.0 Å². The van der Waals surface area contributed by atoms with E-state index in [0.29, 0.717) is 10.2 Å². The summed E-state index contributed by atoms with van der Waals surface area (Å²) < 4.78 is 38.2. The SMILES string of the molecule is COc1ccc(Oc2c(F)cc(CO)cc2F)c(Br)c1. The van der Waals surface area contributed by atoms with Gasteiger partial charge in [-0.05, 0) is 51.8 Å². The highest BCUT2D eigenvalue weighted by atomic mass is 79.9. The predicted octanol–water partition coefficient (Wildman–Crippen LogP) is 4.02. The number of hydrogen-bond acceptors (Lipinski definition) is 3. The van der Waals surface area contributed by atoms with Gasteiger partial charge in [0.2, 0.25) is 0 Å². The zero-order valence-corrected chi connectivity index (χ0v) is 12.1. The smallest absolute Gasteiger partial charge is 0.198 e. The Morgan fingerprint density at radius 2 is 1.80 bits per heavy atom. The highest BCUT2D eigenvalue weighted by Crippen LogP contribution is 2.35. The second kappa shape index (κ2) is 6.19. The van der Waals surface area contributed by atoms with Crippen LogP contribution >= 0.6 is 15.9 Å². The first kappa shape index (κ1) is 14.7. The Balaban J connectivity index is 2.35. The van der Waals surface area contributed by atoms with Crippen LogP contribution in [0.15, 0.2) is 34.8 Å². The molecular weight excluding hydrogens is 334 g/mol. The van der Waals surface area contributed by atoms with Crippen LogP contribution in [0.5, 0.6) is 17.2 Å². The molecule has 6 heteroatoms. The summed E-state index contributed by atoms with van der Waals surface area (Å²) in [6, 6.07) is 6.80. The van der Waals surface area contributed by atoms with Crippen molar-refractivity contribution in [1.29, 1.82) is 0 Å². The molecule has 0 aliphatic rings. The first-order valence-corrected chi connectivity index (χ1v) is 6.44. The van der Waals surface area contributed by atoms with Crippen LogP contribution in [0, 0.1) is 11.6 Å². The number of halogens is 3. The second-order valence-electron chi connectivity index (χ2n) is 3.95. The molecule has 0 saturated carbocycles. The lowest BCUT2D eigenvalue weighted by molar-refractivity contribution is 0.279. The van der Waals surface area contributed by atoms with E-state index in [0.717, 1.165) is 12.1 Å². The maximum Gasteiger partial charge on any atom is 0.198 e. The van der Waals surface area contributed by atoms with Gasteiger partial charge in [-0.3, -0.25) is 0 Å². The van der Waals surface area contributed by atoms with Crippen LogP contribution in [0.2, 0.25) is 0 Å². The fraction of sp³-hybridized carbons (Fsp3) is 0.143. The zero-order chi connectivity index (χ0) is 14.7. The Labute approximate surface area is 122 Å². The van der Waals surface area contributed by atoms with Crippen LogP contribution in [0.1, 0.15) is 5.56 Å². The summed E-state index contributed by atoms with van der Waals surface area (Å²) in [5.74, 6) is -1.44. The van der Waals surface area contributed by atoms with Gasteiger partial charge in [0.1, 0.15) is 11.5 Å². The van der Waals surface area contributed by atoms with E-state index in [9.17, 15) is 8.78 Å². The Bertz CT molecular complexity index is 609. The predicted molar refractivity (Wildman–Crippen MR) is 73.0 cm³/mol. The minimum atomic E-state index is -0.878. The van der Waals surface area contributed by atoms with Gasteiger partial charge in [-0.2, -0.15) is 0 Å². The molecule has 0 unspecified atom stereocenters. The Hall–Kier alpha value is -1.66. The molecule has 2 aromatic carbocycles. The highest BCUT2D eigenvalue weighted by molar-refractivity contribution is 9.10. The first-order chi connectivity index (χ1) is 9.55. The Kier molecular flexibility index (Phi) is 4.57. The molecule has 0 atom stereocenters. The molecule has 0 spiro atoms. The lowest BCUT2D eigenvalue weighted by Gasteiger charge is -2.11. The maximum absolute atomic E-state index is 13.7. The van der Waals surface area contributed by atoms with Crippen molar-refractivity contribution in [2.45, 2.75) is 6.61 Å². The van der Waals surface area contributed by atoms with Crippen LogP contribution in [0.25, 0.3) is 0 Å². The summed E-state index contributed by atoms with van der Waals surface area (Å²) >= 11 is 3.23. The first-order valence-electron chi connectivity index (χ1n) is 5.65. The monoisotopic (exact) mass is 344 g/mol. The summed E-state index contributed by atoms with van der Waals surface area (Å²) in [7, 11) is 1.51. The molecule has 0 bridgehead atoms. The summed E-state index contributed by atoms with van der Waals surface area (Å²) in [6.45, 7) is -0.444. The zero-order valence-electron chi connectivity index (χ0n) is 10.5. The third-order valence-corrected chi connectivity index (χ3v) is 3.21. The van der Waals surface area contributed by atoms with Gasteiger partial charge in [0.15, 0.2) is 17.4 Å². The van der Waals surface area contributed by atoms with Crippen LogP contribution < -0.4 is 9.47 Å². The number of methoxy groups -OCH3 is 1. The van der Waals surface area contributed by atoms with Crippen molar-refractivity contribution in [3.63, 3.8) is 0 Å². The molecule has 3 nitrogen and oxygen atoms in total. The fourth-order valence-corrected chi connectivity index (χ4v) is 2.04. The molecule has 0 heterocycles. The van der Waals surface area contributed by atoms with Crippen molar-refractivity contribution < 1.29 is 23.4 Å². The van der Waals surface area contributed by atoms with E-state index in [1.54, 1.807) is 12.1 Å². The topological polar surface area (TPSA) is 38.7 Å². The number of rotatable bonds is 4. The lowest BCUT2D eigenvalue weighted by Crippen LogP contribution is -1.96. The van der Waals surface area contributed by atoms with Gasteiger partial charge in [-0.25, -0.2) is 8.78 Å². The Morgan fingerprint density at radius 1 is 1.15 bits per heavy atom. The van der Waals surface area contributed by atoms with Gasteiger partial charge in [0.05, 0.1) is 18.2 Å². The number of aliphatic hydroxyl groups is 1. The molecule has 0 aliphatic carbocycles. The highest BCUT2D eigenvalue weighted by Gasteiger charge is 2.15. The van der Waals surface area contributed by atoms with E-state index < -0.39 is 24.0 Å². The number of hydrogen-bond donors (Lipinski definition) is 1. The molecule has 0 saturated heterocycles. The standard InChI is InChI=1S/C14H11BrF2O3/c1-19-9-2-3-13(10(15)6-9)20-14-11(16)4-8(7-18)5-12(14)17/h2-6,18H,7H2,1H3. The Morgan fingerprint density at radius 3 is 2.30 bits per heavy atom. The molecule has 20 heavy (non-hydrogen) atoms. The third-order valence-electron chi connectivity index (χ3n) is 2.59. The van der Waals surface area contributed by atoms with E-state index >= 15 is 0 Å². The average molecular weight is 345 g/mol. The molecule has 106 valence electrons. The largest absolute Gasteiger partial charge is 0.497 e. The van der Waals surface area contributed by atoms with E-state index in [1.807, 2.05) is 0 Å².